The molecule has 0 bridgehead atoms. The van der Waals surface area contributed by atoms with E-state index >= 15 is 0 Å². The molecule has 0 N–H and O–H groups in total. The Morgan fingerprint density at radius 2 is 2.03 bits per heavy atom. The summed E-state index contributed by atoms with van der Waals surface area (Å²) in [5, 5.41) is 0.561. The summed E-state index contributed by atoms with van der Waals surface area (Å²) >= 11 is 6.48. The second-order valence-electron chi connectivity index (χ2n) is 8.40. The molecule has 0 saturated carbocycles. The first-order valence-corrected chi connectivity index (χ1v) is 10.1. The average molecular weight is 420 g/mol. The van der Waals surface area contributed by atoms with Crippen molar-refractivity contribution in [1.82, 2.24) is 4.90 Å². The van der Waals surface area contributed by atoms with Gasteiger partial charge in [0.2, 0.25) is 0 Å². The maximum absolute atomic E-state index is 13.9. The van der Waals surface area contributed by atoms with E-state index in [0.717, 1.165) is 16.7 Å². The highest BCUT2D eigenvalue weighted by molar-refractivity contribution is 6.33. The molecule has 1 amide bonds. The van der Waals surface area contributed by atoms with Crippen LogP contribution >= 0.6 is 11.6 Å². The van der Waals surface area contributed by atoms with Crippen molar-refractivity contribution < 1.29 is 18.7 Å². The van der Waals surface area contributed by atoms with Crippen molar-refractivity contribution in [1.29, 1.82) is 0 Å². The molecular formula is C23H27ClFNO3. The number of halogens is 2. The molecule has 2 aromatic rings. The average Bonchev–Trinajstić information content (AvgIpc) is 2.63. The van der Waals surface area contributed by atoms with Gasteiger partial charge in [0.15, 0.2) is 0 Å². The molecule has 0 aromatic heterocycles. The van der Waals surface area contributed by atoms with Gasteiger partial charge in [-0.2, -0.15) is 0 Å². The third kappa shape index (κ3) is 5.71. The normalized spacial score (nSPS) is 17.3. The molecule has 2 aromatic carbocycles. The predicted molar refractivity (Wildman–Crippen MR) is 113 cm³/mol. The molecule has 3 rings (SSSR count). The minimum atomic E-state index is -0.524. The van der Waals surface area contributed by atoms with E-state index in [2.05, 4.69) is 0 Å². The van der Waals surface area contributed by atoms with Crippen LogP contribution in [0, 0.1) is 12.7 Å². The number of carbonyl (C=O) groups excluding carboxylic acids is 1. The van der Waals surface area contributed by atoms with Crippen LogP contribution in [0.3, 0.4) is 0 Å². The maximum atomic E-state index is 13.9. The van der Waals surface area contributed by atoms with Gasteiger partial charge in [0.05, 0.1) is 19.3 Å². The van der Waals surface area contributed by atoms with Gasteiger partial charge in [-0.3, -0.25) is 0 Å². The molecule has 4 nitrogen and oxygen atoms in total. The molecule has 0 radical (unpaired) electrons. The number of hydrogen-bond acceptors (Lipinski definition) is 3. The first-order chi connectivity index (χ1) is 13.6. The van der Waals surface area contributed by atoms with Crippen molar-refractivity contribution in [3.8, 4) is 11.1 Å². The van der Waals surface area contributed by atoms with E-state index in [0.29, 0.717) is 36.7 Å². The number of aryl methyl sites for hydroxylation is 1. The van der Waals surface area contributed by atoms with Gasteiger partial charge in [-0.05, 0) is 56.5 Å². The first kappa shape index (κ1) is 21.6. The molecule has 1 aliphatic rings. The minimum Gasteiger partial charge on any atom is -0.444 e. The summed E-state index contributed by atoms with van der Waals surface area (Å²) < 4.78 is 25.2. The largest absolute Gasteiger partial charge is 0.444 e. The summed E-state index contributed by atoms with van der Waals surface area (Å²) in [7, 11) is 0. The van der Waals surface area contributed by atoms with Crippen molar-refractivity contribution >= 4 is 17.7 Å². The van der Waals surface area contributed by atoms with E-state index in [1.165, 1.54) is 6.07 Å². The lowest BCUT2D eigenvalue weighted by Gasteiger charge is -2.34. The third-order valence-corrected chi connectivity index (χ3v) is 5.08. The molecule has 1 saturated heterocycles. The van der Waals surface area contributed by atoms with Gasteiger partial charge in [-0.1, -0.05) is 35.9 Å². The van der Waals surface area contributed by atoms with Gasteiger partial charge < -0.3 is 14.4 Å². The number of benzene rings is 2. The van der Waals surface area contributed by atoms with Gasteiger partial charge in [0.1, 0.15) is 11.4 Å². The van der Waals surface area contributed by atoms with Gasteiger partial charge in [0.25, 0.3) is 0 Å². The van der Waals surface area contributed by atoms with E-state index in [1.54, 1.807) is 17.9 Å². The van der Waals surface area contributed by atoms with E-state index in [4.69, 9.17) is 21.1 Å². The molecule has 156 valence electrons. The Kier molecular flexibility index (Phi) is 6.49. The molecule has 0 aliphatic carbocycles. The lowest BCUT2D eigenvalue weighted by Crippen LogP contribution is -2.48. The highest BCUT2D eigenvalue weighted by Crippen LogP contribution is 2.30. The van der Waals surface area contributed by atoms with Crippen LogP contribution in [0.2, 0.25) is 5.02 Å². The van der Waals surface area contributed by atoms with Crippen LogP contribution in [0.1, 0.15) is 31.9 Å². The second kappa shape index (κ2) is 8.72. The minimum absolute atomic E-state index is 0.130. The summed E-state index contributed by atoms with van der Waals surface area (Å²) in [4.78, 5) is 14.0. The van der Waals surface area contributed by atoms with Crippen molar-refractivity contribution in [3.05, 3.63) is 58.4 Å². The van der Waals surface area contributed by atoms with Crippen molar-refractivity contribution in [3.63, 3.8) is 0 Å². The van der Waals surface area contributed by atoms with E-state index in [-0.39, 0.29) is 18.0 Å². The fraction of sp³-hybridized carbons (Fsp3) is 0.435. The van der Waals surface area contributed by atoms with Gasteiger partial charge >= 0.3 is 6.09 Å². The number of carbonyl (C=O) groups is 1. The summed E-state index contributed by atoms with van der Waals surface area (Å²) in [6, 6.07) is 10.9. The highest BCUT2D eigenvalue weighted by Gasteiger charge is 2.28. The molecule has 1 fully saturated rings. The predicted octanol–water partition coefficient (Wildman–Crippen LogP) is 5.63. The fourth-order valence-corrected chi connectivity index (χ4v) is 3.59. The van der Waals surface area contributed by atoms with Crippen LogP contribution in [-0.2, 0) is 15.9 Å². The number of amides is 1. The topological polar surface area (TPSA) is 38.8 Å². The molecular weight excluding hydrogens is 393 g/mol. The molecule has 29 heavy (non-hydrogen) atoms. The summed E-state index contributed by atoms with van der Waals surface area (Å²) in [5.74, 6) is -0.250. The lowest BCUT2D eigenvalue weighted by molar-refractivity contribution is -0.0415. The summed E-state index contributed by atoms with van der Waals surface area (Å²) in [6.45, 7) is 8.75. The standard InChI is InChI=1S/C23H27ClFNO3/c1-15-5-7-17(13-21(15)25)19-8-6-16(12-20(19)24)11-18-14-26(9-10-28-18)22(27)29-23(2,3)4/h5-8,12-13,18H,9-11,14H2,1-4H3. The van der Waals surface area contributed by atoms with Crippen molar-refractivity contribution in [2.75, 3.05) is 19.7 Å². The number of nitrogens with zero attached hydrogens (tertiary/aromatic N) is 1. The molecule has 1 atom stereocenters. The number of rotatable bonds is 3. The van der Waals surface area contributed by atoms with E-state index in [9.17, 15) is 9.18 Å². The Labute approximate surface area is 176 Å². The van der Waals surface area contributed by atoms with Crippen molar-refractivity contribution in [2.45, 2.75) is 45.8 Å². The Morgan fingerprint density at radius 3 is 2.69 bits per heavy atom. The van der Waals surface area contributed by atoms with Crippen LogP contribution < -0.4 is 0 Å². The van der Waals surface area contributed by atoms with Gasteiger partial charge in [0, 0.05) is 23.6 Å². The number of hydrogen-bond donors (Lipinski definition) is 0. The summed E-state index contributed by atoms with van der Waals surface area (Å²) in [5.41, 5.74) is 2.61. The summed E-state index contributed by atoms with van der Waals surface area (Å²) in [6.07, 6.45) is 0.178. The Morgan fingerprint density at radius 1 is 1.28 bits per heavy atom. The second-order valence-corrected chi connectivity index (χ2v) is 8.81. The van der Waals surface area contributed by atoms with E-state index < -0.39 is 5.60 Å². The van der Waals surface area contributed by atoms with Gasteiger partial charge in [-0.25, -0.2) is 9.18 Å². The molecule has 1 unspecified atom stereocenters. The van der Waals surface area contributed by atoms with Crippen LogP contribution in [0.5, 0.6) is 0 Å². The zero-order chi connectivity index (χ0) is 21.2. The Bertz CT molecular complexity index is 894. The molecule has 1 heterocycles. The van der Waals surface area contributed by atoms with Gasteiger partial charge in [-0.15, -0.1) is 0 Å². The smallest absolute Gasteiger partial charge is 0.410 e. The van der Waals surface area contributed by atoms with Crippen LogP contribution in [0.4, 0.5) is 9.18 Å². The van der Waals surface area contributed by atoms with E-state index in [1.807, 2.05) is 45.0 Å². The quantitative estimate of drug-likeness (QED) is 0.646. The monoisotopic (exact) mass is 419 g/mol. The molecule has 0 spiro atoms. The number of morpholine rings is 1. The SMILES string of the molecule is Cc1ccc(-c2ccc(CC3CN(C(=O)OC(C)(C)C)CCO3)cc2Cl)cc1F. The zero-order valence-electron chi connectivity index (χ0n) is 17.3. The maximum Gasteiger partial charge on any atom is 0.410 e. The fourth-order valence-electron chi connectivity index (χ4n) is 3.28. The van der Waals surface area contributed by atoms with Crippen LogP contribution in [0.15, 0.2) is 36.4 Å². The zero-order valence-corrected chi connectivity index (χ0v) is 18.1. The first-order valence-electron chi connectivity index (χ1n) is 9.77. The number of ether oxygens (including phenoxy) is 2. The lowest BCUT2D eigenvalue weighted by atomic mass is 10.00. The Balaban J connectivity index is 1.68. The Hall–Kier alpha value is -2.11. The molecule has 1 aliphatic heterocycles. The highest BCUT2D eigenvalue weighted by atomic mass is 35.5. The molecule has 6 heteroatoms. The van der Waals surface area contributed by atoms with Crippen LogP contribution in [-0.4, -0.2) is 42.4 Å². The third-order valence-electron chi connectivity index (χ3n) is 4.77. The van der Waals surface area contributed by atoms with Crippen LogP contribution in [0.25, 0.3) is 11.1 Å². The van der Waals surface area contributed by atoms with Crippen molar-refractivity contribution in [2.24, 2.45) is 0 Å².